The molecule has 0 unspecified atom stereocenters. The molecule has 1 aromatic carbocycles. The number of nitrogens with zero attached hydrogens (tertiary/aromatic N) is 3. The summed E-state index contributed by atoms with van der Waals surface area (Å²) in [5.41, 5.74) is 1.07. The highest BCUT2D eigenvalue weighted by atomic mass is 35.5. The molecule has 5 nitrogen and oxygen atoms in total. The van der Waals surface area contributed by atoms with Gasteiger partial charge in [-0.25, -0.2) is 4.98 Å². The Morgan fingerprint density at radius 3 is 2.92 bits per heavy atom. The molecule has 0 amide bonds. The lowest BCUT2D eigenvalue weighted by molar-refractivity contribution is 0.583. The fourth-order valence-corrected chi connectivity index (χ4v) is 3.69. The minimum atomic E-state index is -0.279. The number of hydrogen-bond donors (Lipinski definition) is 0. The van der Waals surface area contributed by atoms with Gasteiger partial charge in [-0.3, -0.25) is 4.79 Å². The molecule has 8 heteroatoms. The topological polar surface area (TPSA) is 60.4 Å². The molecule has 0 aliphatic carbocycles. The van der Waals surface area contributed by atoms with Crippen LogP contribution in [0.25, 0.3) is 21.5 Å². The van der Waals surface area contributed by atoms with E-state index < -0.39 is 0 Å². The summed E-state index contributed by atoms with van der Waals surface area (Å²) in [6, 6.07) is 8.61. The lowest BCUT2D eigenvalue weighted by Crippen LogP contribution is -2.16. The minimum Gasteiger partial charge on any atom is -0.464 e. The second-order valence-electron chi connectivity index (χ2n) is 5.11. The van der Waals surface area contributed by atoms with E-state index in [1.807, 2.05) is 5.38 Å². The molecule has 25 heavy (non-hydrogen) atoms. The molecule has 0 saturated heterocycles. The number of furan rings is 1. The summed E-state index contributed by atoms with van der Waals surface area (Å²) in [7, 11) is 0. The normalized spacial score (nSPS) is 11.6. The van der Waals surface area contributed by atoms with Gasteiger partial charge in [0.1, 0.15) is 16.9 Å². The summed E-state index contributed by atoms with van der Waals surface area (Å²) < 4.78 is 6.57. The molecule has 3 aromatic heterocycles. The van der Waals surface area contributed by atoms with Crippen molar-refractivity contribution in [1.29, 1.82) is 0 Å². The first-order valence-electron chi connectivity index (χ1n) is 7.15. The van der Waals surface area contributed by atoms with Gasteiger partial charge in [0.25, 0.3) is 5.56 Å². The third kappa shape index (κ3) is 3.00. The maximum absolute atomic E-state index is 12.8. The van der Waals surface area contributed by atoms with Crippen LogP contribution in [-0.4, -0.2) is 15.9 Å². The molecule has 4 rings (SSSR count). The smallest absolute Gasteiger partial charge is 0.283 e. The second kappa shape index (κ2) is 6.48. The Morgan fingerprint density at radius 2 is 2.16 bits per heavy atom. The number of fused-ring (bicyclic) bond motifs is 1. The largest absolute Gasteiger partial charge is 0.464 e. The number of rotatable bonds is 3. The molecule has 0 saturated carbocycles. The quantitative estimate of drug-likeness (QED) is 0.467. The van der Waals surface area contributed by atoms with Crippen molar-refractivity contribution in [2.45, 2.75) is 0 Å². The molecule has 0 aliphatic heterocycles. The van der Waals surface area contributed by atoms with E-state index in [-0.39, 0.29) is 5.56 Å². The zero-order valence-electron chi connectivity index (χ0n) is 12.5. The van der Waals surface area contributed by atoms with Gasteiger partial charge in [0.2, 0.25) is 0 Å². The van der Waals surface area contributed by atoms with E-state index in [0.29, 0.717) is 37.1 Å². The van der Waals surface area contributed by atoms with Crippen molar-refractivity contribution in [3.8, 4) is 11.3 Å². The van der Waals surface area contributed by atoms with Gasteiger partial charge in [0.05, 0.1) is 22.9 Å². The Bertz CT molecular complexity index is 1150. The van der Waals surface area contributed by atoms with Crippen molar-refractivity contribution in [2.24, 2.45) is 5.10 Å². The maximum Gasteiger partial charge on any atom is 0.283 e. The zero-order chi connectivity index (χ0) is 17.4. The average Bonchev–Trinajstić information content (AvgIpc) is 3.24. The van der Waals surface area contributed by atoms with E-state index in [4.69, 9.17) is 27.6 Å². The van der Waals surface area contributed by atoms with E-state index in [1.165, 1.54) is 28.6 Å². The van der Waals surface area contributed by atoms with Crippen molar-refractivity contribution < 1.29 is 4.42 Å². The summed E-state index contributed by atoms with van der Waals surface area (Å²) in [5, 5.41) is 7.49. The first kappa shape index (κ1) is 16.1. The Balaban J connectivity index is 1.81. The summed E-state index contributed by atoms with van der Waals surface area (Å²) in [4.78, 5) is 17.7. The molecule has 0 aliphatic rings. The molecule has 3 heterocycles. The third-order valence-corrected chi connectivity index (χ3v) is 5.00. The summed E-state index contributed by atoms with van der Waals surface area (Å²) in [5.74, 6) is 0.618. The van der Waals surface area contributed by atoms with Crippen LogP contribution < -0.4 is 5.56 Å². The van der Waals surface area contributed by atoms with Crippen LogP contribution in [0, 0.1) is 0 Å². The molecule has 0 radical (unpaired) electrons. The van der Waals surface area contributed by atoms with Crippen LogP contribution in [0.4, 0.5) is 0 Å². The number of halogens is 2. The SMILES string of the molecule is O=c1c2c(-c3ccco3)csc2ncn1/N=C\c1ccc(Cl)cc1Cl. The zero-order valence-corrected chi connectivity index (χ0v) is 14.8. The monoisotopic (exact) mass is 389 g/mol. The van der Waals surface area contributed by atoms with Crippen LogP contribution in [0.1, 0.15) is 5.56 Å². The predicted molar refractivity (Wildman–Crippen MR) is 101 cm³/mol. The van der Waals surface area contributed by atoms with Crippen LogP contribution in [-0.2, 0) is 0 Å². The lowest BCUT2D eigenvalue weighted by Gasteiger charge is -2.01. The molecule has 0 fully saturated rings. The van der Waals surface area contributed by atoms with E-state index in [2.05, 4.69) is 10.1 Å². The molecule has 124 valence electrons. The standard InChI is InChI=1S/C17H9Cl2N3O2S/c18-11-4-3-10(13(19)6-11)7-21-22-9-20-16-15(17(22)23)12(8-25-16)14-2-1-5-24-14/h1-9H/b21-7-. The molecule has 0 N–H and O–H groups in total. The molecular formula is C17H9Cl2N3O2S. The van der Waals surface area contributed by atoms with Crippen molar-refractivity contribution in [3.63, 3.8) is 0 Å². The Hall–Kier alpha value is -2.41. The Labute approximate surface area is 155 Å². The van der Waals surface area contributed by atoms with E-state index in [0.717, 1.165) is 0 Å². The second-order valence-corrected chi connectivity index (χ2v) is 6.81. The van der Waals surface area contributed by atoms with Gasteiger partial charge in [-0.1, -0.05) is 29.3 Å². The summed E-state index contributed by atoms with van der Waals surface area (Å²) in [6.07, 6.45) is 4.44. The Morgan fingerprint density at radius 1 is 1.28 bits per heavy atom. The van der Waals surface area contributed by atoms with Crippen LogP contribution in [0.5, 0.6) is 0 Å². The van der Waals surface area contributed by atoms with Gasteiger partial charge in [-0.15, -0.1) is 11.3 Å². The first-order valence-corrected chi connectivity index (χ1v) is 8.79. The minimum absolute atomic E-state index is 0.279. The Kier molecular flexibility index (Phi) is 4.17. The molecule has 0 bridgehead atoms. The fourth-order valence-electron chi connectivity index (χ4n) is 2.35. The van der Waals surface area contributed by atoms with Gasteiger partial charge in [-0.2, -0.15) is 9.78 Å². The van der Waals surface area contributed by atoms with Crippen LogP contribution >= 0.6 is 34.5 Å². The third-order valence-electron chi connectivity index (χ3n) is 3.55. The van der Waals surface area contributed by atoms with Gasteiger partial charge in [0.15, 0.2) is 0 Å². The van der Waals surface area contributed by atoms with Crippen LogP contribution in [0.2, 0.25) is 10.0 Å². The average molecular weight is 390 g/mol. The van der Waals surface area contributed by atoms with Crippen molar-refractivity contribution >= 4 is 51.0 Å². The maximum atomic E-state index is 12.8. The highest BCUT2D eigenvalue weighted by Crippen LogP contribution is 2.30. The van der Waals surface area contributed by atoms with Gasteiger partial charge < -0.3 is 4.42 Å². The fraction of sp³-hybridized carbons (Fsp3) is 0. The van der Waals surface area contributed by atoms with Gasteiger partial charge in [0, 0.05) is 21.5 Å². The van der Waals surface area contributed by atoms with E-state index in [9.17, 15) is 4.79 Å². The van der Waals surface area contributed by atoms with E-state index in [1.54, 1.807) is 36.6 Å². The molecule has 4 aromatic rings. The predicted octanol–water partition coefficient (Wildman–Crippen LogP) is 4.91. The number of benzene rings is 1. The van der Waals surface area contributed by atoms with Gasteiger partial charge in [-0.05, 0) is 24.3 Å². The number of thiophene rings is 1. The van der Waals surface area contributed by atoms with Crippen LogP contribution in [0.3, 0.4) is 0 Å². The van der Waals surface area contributed by atoms with Crippen molar-refractivity contribution in [3.05, 3.63) is 74.3 Å². The van der Waals surface area contributed by atoms with Crippen LogP contribution in [0.15, 0.2) is 62.6 Å². The number of aromatic nitrogens is 2. The summed E-state index contributed by atoms with van der Waals surface area (Å²) >= 11 is 13.4. The highest BCUT2D eigenvalue weighted by molar-refractivity contribution is 7.17. The van der Waals surface area contributed by atoms with E-state index >= 15 is 0 Å². The molecular weight excluding hydrogens is 381 g/mol. The van der Waals surface area contributed by atoms with Crippen molar-refractivity contribution in [1.82, 2.24) is 9.66 Å². The highest BCUT2D eigenvalue weighted by Gasteiger charge is 2.14. The van der Waals surface area contributed by atoms with Gasteiger partial charge >= 0.3 is 0 Å². The first-order chi connectivity index (χ1) is 12.1. The molecule has 0 atom stereocenters. The number of hydrogen-bond acceptors (Lipinski definition) is 5. The van der Waals surface area contributed by atoms with Crippen molar-refractivity contribution in [2.75, 3.05) is 0 Å². The lowest BCUT2D eigenvalue weighted by atomic mass is 10.2. The summed E-state index contributed by atoms with van der Waals surface area (Å²) in [6.45, 7) is 0. The molecule has 0 spiro atoms.